The van der Waals surface area contributed by atoms with Crippen molar-refractivity contribution in [3.63, 3.8) is 0 Å². The highest BCUT2D eigenvalue weighted by Crippen LogP contribution is 2.20. The lowest BCUT2D eigenvalue weighted by molar-refractivity contribution is 0.0408. The van der Waals surface area contributed by atoms with E-state index in [2.05, 4.69) is 10.3 Å². The van der Waals surface area contributed by atoms with Gasteiger partial charge in [0.25, 0.3) is 11.8 Å². The summed E-state index contributed by atoms with van der Waals surface area (Å²) in [7, 11) is 0. The molecular weight excluding hydrogens is 302 g/mol. The topological polar surface area (TPSA) is 82.5 Å². The molecule has 1 aromatic rings. The molecule has 2 rings (SSSR count). The third kappa shape index (κ3) is 3.64. The van der Waals surface area contributed by atoms with E-state index in [1.54, 1.807) is 31.1 Å². The summed E-state index contributed by atoms with van der Waals surface area (Å²) in [4.78, 5) is 30.5. The molecule has 2 amide bonds. The Bertz CT molecular complexity index is 565. The SMILES string of the molecule is CC(NC(=O)c1nc(C(=O)N2CCC[C@@H]2C)cs1)C(C)(C)O. The summed E-state index contributed by atoms with van der Waals surface area (Å²) in [5.74, 6) is -0.482. The van der Waals surface area contributed by atoms with E-state index in [1.165, 1.54) is 0 Å². The highest BCUT2D eigenvalue weighted by Gasteiger charge is 2.29. The van der Waals surface area contributed by atoms with Crippen molar-refractivity contribution in [3.05, 3.63) is 16.1 Å². The highest BCUT2D eigenvalue weighted by molar-refractivity contribution is 7.11. The minimum Gasteiger partial charge on any atom is -0.388 e. The number of amides is 2. The largest absolute Gasteiger partial charge is 0.388 e. The van der Waals surface area contributed by atoms with Gasteiger partial charge in [0.2, 0.25) is 0 Å². The molecule has 0 radical (unpaired) electrons. The summed E-state index contributed by atoms with van der Waals surface area (Å²) in [5, 5.41) is 14.4. The molecule has 1 unspecified atom stereocenters. The quantitative estimate of drug-likeness (QED) is 0.882. The van der Waals surface area contributed by atoms with Gasteiger partial charge in [0, 0.05) is 18.0 Å². The van der Waals surface area contributed by atoms with Gasteiger partial charge < -0.3 is 15.3 Å². The predicted octanol–water partition coefficient (Wildman–Crippen LogP) is 1.66. The maximum absolute atomic E-state index is 12.4. The molecule has 1 aliphatic rings. The fraction of sp³-hybridized carbons (Fsp3) is 0.667. The fourth-order valence-corrected chi connectivity index (χ4v) is 2.99. The van der Waals surface area contributed by atoms with Crippen LogP contribution in [0.4, 0.5) is 0 Å². The lowest BCUT2D eigenvalue weighted by atomic mass is 10.0. The number of carbonyl (C=O) groups excluding carboxylic acids is 2. The van der Waals surface area contributed by atoms with Crippen molar-refractivity contribution in [2.45, 2.75) is 58.2 Å². The van der Waals surface area contributed by atoms with Crippen LogP contribution in [0.25, 0.3) is 0 Å². The van der Waals surface area contributed by atoms with E-state index >= 15 is 0 Å². The zero-order chi connectivity index (χ0) is 16.5. The molecule has 6 nitrogen and oxygen atoms in total. The second-order valence-corrected chi connectivity index (χ2v) is 7.23. The van der Waals surface area contributed by atoms with E-state index in [-0.39, 0.29) is 22.9 Å². The van der Waals surface area contributed by atoms with E-state index in [9.17, 15) is 14.7 Å². The van der Waals surface area contributed by atoms with Gasteiger partial charge in [-0.2, -0.15) is 0 Å². The van der Waals surface area contributed by atoms with Crippen molar-refractivity contribution in [3.8, 4) is 0 Å². The van der Waals surface area contributed by atoms with Crippen LogP contribution in [0, 0.1) is 0 Å². The van der Waals surface area contributed by atoms with E-state index in [0.717, 1.165) is 30.7 Å². The van der Waals surface area contributed by atoms with Gasteiger partial charge in [0.05, 0.1) is 11.6 Å². The molecule has 122 valence electrons. The van der Waals surface area contributed by atoms with Crippen LogP contribution in [-0.4, -0.2) is 51.0 Å². The highest BCUT2D eigenvalue weighted by atomic mass is 32.1. The summed E-state index contributed by atoms with van der Waals surface area (Å²) < 4.78 is 0. The molecule has 1 fully saturated rings. The van der Waals surface area contributed by atoms with Crippen LogP contribution in [0.3, 0.4) is 0 Å². The molecule has 1 aromatic heterocycles. The van der Waals surface area contributed by atoms with E-state index in [0.29, 0.717) is 5.69 Å². The summed E-state index contributed by atoms with van der Waals surface area (Å²) >= 11 is 1.15. The molecular formula is C15H23N3O3S. The van der Waals surface area contributed by atoms with Crippen LogP contribution >= 0.6 is 11.3 Å². The van der Waals surface area contributed by atoms with Crippen LogP contribution in [0.5, 0.6) is 0 Å². The summed E-state index contributed by atoms with van der Waals surface area (Å²) in [6, 6.07) is -0.191. The smallest absolute Gasteiger partial charge is 0.280 e. The zero-order valence-electron chi connectivity index (χ0n) is 13.4. The third-order valence-corrected chi connectivity index (χ3v) is 4.98. The van der Waals surface area contributed by atoms with Crippen molar-refractivity contribution in [2.24, 2.45) is 0 Å². The predicted molar refractivity (Wildman–Crippen MR) is 85.1 cm³/mol. The fourth-order valence-electron chi connectivity index (χ4n) is 2.29. The van der Waals surface area contributed by atoms with Gasteiger partial charge >= 0.3 is 0 Å². The number of nitrogens with one attached hydrogen (secondary N) is 1. The van der Waals surface area contributed by atoms with Crippen LogP contribution < -0.4 is 5.32 Å². The molecule has 0 spiro atoms. The van der Waals surface area contributed by atoms with Gasteiger partial charge in [0.15, 0.2) is 5.01 Å². The summed E-state index contributed by atoms with van der Waals surface area (Å²) in [6.07, 6.45) is 2.01. The number of hydrogen-bond acceptors (Lipinski definition) is 5. The molecule has 1 saturated heterocycles. The minimum atomic E-state index is -1.02. The monoisotopic (exact) mass is 325 g/mol. The Morgan fingerprint density at radius 3 is 2.77 bits per heavy atom. The van der Waals surface area contributed by atoms with Crippen LogP contribution in [0.2, 0.25) is 0 Å². The second-order valence-electron chi connectivity index (χ2n) is 6.38. The third-order valence-electron chi connectivity index (χ3n) is 4.14. The number of carbonyl (C=O) groups is 2. The lowest BCUT2D eigenvalue weighted by Crippen LogP contribution is -2.47. The van der Waals surface area contributed by atoms with Crippen molar-refractivity contribution in [1.29, 1.82) is 0 Å². The Morgan fingerprint density at radius 2 is 2.23 bits per heavy atom. The Labute approximate surface area is 134 Å². The molecule has 0 bridgehead atoms. The number of aliphatic hydroxyl groups is 1. The van der Waals surface area contributed by atoms with Gasteiger partial charge in [-0.1, -0.05) is 0 Å². The zero-order valence-corrected chi connectivity index (χ0v) is 14.2. The number of hydrogen-bond donors (Lipinski definition) is 2. The first-order valence-corrected chi connectivity index (χ1v) is 8.38. The van der Waals surface area contributed by atoms with Gasteiger partial charge in [-0.3, -0.25) is 9.59 Å². The van der Waals surface area contributed by atoms with Crippen molar-refractivity contribution >= 4 is 23.2 Å². The number of aromatic nitrogens is 1. The van der Waals surface area contributed by atoms with Crippen molar-refractivity contribution in [1.82, 2.24) is 15.2 Å². The first-order chi connectivity index (χ1) is 10.2. The molecule has 0 aromatic carbocycles. The normalized spacial score (nSPS) is 20.0. The molecule has 22 heavy (non-hydrogen) atoms. The first kappa shape index (κ1) is 16.9. The average molecular weight is 325 g/mol. The van der Waals surface area contributed by atoms with Crippen molar-refractivity contribution < 1.29 is 14.7 Å². The average Bonchev–Trinajstić information content (AvgIpc) is 3.05. The molecule has 2 N–H and O–H groups in total. The Balaban J connectivity index is 2.05. The Kier molecular flexibility index (Phi) is 4.87. The van der Waals surface area contributed by atoms with Gasteiger partial charge in [-0.05, 0) is 40.5 Å². The molecule has 2 heterocycles. The minimum absolute atomic E-state index is 0.115. The molecule has 7 heteroatoms. The standard InChI is InChI=1S/C15H23N3O3S/c1-9-6-5-7-18(9)14(20)11-8-22-13(17-11)12(19)16-10(2)15(3,4)21/h8-10,21H,5-7H2,1-4H3,(H,16,19)/t9-,10?/m0/s1. The van der Waals surface area contributed by atoms with Crippen LogP contribution in [0.1, 0.15) is 60.8 Å². The van der Waals surface area contributed by atoms with E-state index in [4.69, 9.17) is 0 Å². The number of nitrogens with zero attached hydrogens (tertiary/aromatic N) is 2. The van der Waals surface area contributed by atoms with Crippen LogP contribution in [-0.2, 0) is 0 Å². The maximum atomic E-state index is 12.4. The number of thiazole rings is 1. The second kappa shape index (κ2) is 6.34. The van der Waals surface area contributed by atoms with Crippen molar-refractivity contribution in [2.75, 3.05) is 6.54 Å². The lowest BCUT2D eigenvalue weighted by Gasteiger charge is -2.26. The Hall–Kier alpha value is -1.47. The molecule has 0 aliphatic carbocycles. The van der Waals surface area contributed by atoms with Crippen LogP contribution in [0.15, 0.2) is 5.38 Å². The molecule has 1 aliphatic heterocycles. The summed E-state index contributed by atoms with van der Waals surface area (Å²) in [6.45, 7) is 7.75. The molecule has 0 saturated carbocycles. The number of rotatable bonds is 4. The Morgan fingerprint density at radius 1 is 1.55 bits per heavy atom. The first-order valence-electron chi connectivity index (χ1n) is 7.50. The van der Waals surface area contributed by atoms with Gasteiger partial charge in [-0.25, -0.2) is 4.98 Å². The summed E-state index contributed by atoms with van der Waals surface area (Å²) in [5.41, 5.74) is -0.698. The number of likely N-dealkylation sites (tertiary alicyclic amines) is 1. The van der Waals surface area contributed by atoms with Gasteiger partial charge in [0.1, 0.15) is 5.69 Å². The molecule has 2 atom stereocenters. The maximum Gasteiger partial charge on any atom is 0.280 e. The van der Waals surface area contributed by atoms with E-state index < -0.39 is 11.6 Å². The van der Waals surface area contributed by atoms with E-state index in [1.807, 2.05) is 6.92 Å². The van der Waals surface area contributed by atoms with Gasteiger partial charge in [-0.15, -0.1) is 11.3 Å².